The van der Waals surface area contributed by atoms with Gasteiger partial charge in [0, 0.05) is 23.8 Å². The molecule has 0 aliphatic heterocycles. The van der Waals surface area contributed by atoms with Crippen LogP contribution in [0, 0.1) is 10.1 Å². The number of hydrogen-bond donors (Lipinski definition) is 1. The van der Waals surface area contributed by atoms with Crippen molar-refractivity contribution in [2.24, 2.45) is 0 Å². The fourth-order valence-corrected chi connectivity index (χ4v) is 1.41. The summed E-state index contributed by atoms with van der Waals surface area (Å²) in [5, 5.41) is 18.8. The van der Waals surface area contributed by atoms with Crippen molar-refractivity contribution in [2.75, 3.05) is 0 Å². The van der Waals surface area contributed by atoms with Gasteiger partial charge in [-0.25, -0.2) is 4.79 Å². The number of rotatable bonds is 3. The molecule has 1 N–H and O–H groups in total. The first kappa shape index (κ1) is 18.7. The Morgan fingerprint density at radius 3 is 2.44 bits per heavy atom. The summed E-state index contributed by atoms with van der Waals surface area (Å²) in [7, 11) is 0. The fraction of sp³-hybridized carbons (Fsp3) is 0.615. The molecule has 0 radical (unpaired) electrons. The molecular weight excluding hydrogens is 234 g/mol. The van der Waals surface area contributed by atoms with E-state index in [9.17, 15) is 14.9 Å². The Morgan fingerprint density at radius 1 is 1.44 bits per heavy atom. The molecule has 0 spiro atoms. The molecule has 0 aromatic carbocycles. The SMILES string of the molecule is CC.CC.O=C(O)/C=C/C1=CCCC([N+](=O)[O-])C1. The zero-order valence-corrected chi connectivity index (χ0v) is 11.5. The number of carboxylic acids is 1. The molecule has 0 aromatic heterocycles. The Hall–Kier alpha value is -1.65. The number of nitrogens with zero attached hydrogens (tertiary/aromatic N) is 1. The third-order valence-electron chi connectivity index (χ3n) is 2.12. The first-order valence-corrected chi connectivity index (χ1v) is 6.33. The molecule has 5 heteroatoms. The van der Waals surface area contributed by atoms with Gasteiger partial charge in [0.05, 0.1) is 0 Å². The van der Waals surface area contributed by atoms with E-state index < -0.39 is 12.0 Å². The van der Waals surface area contributed by atoms with Crippen LogP contribution in [0.3, 0.4) is 0 Å². The highest BCUT2D eigenvalue weighted by atomic mass is 16.6. The average Bonchev–Trinajstić information content (AvgIpc) is 2.41. The predicted molar refractivity (Wildman–Crippen MR) is 72.2 cm³/mol. The van der Waals surface area contributed by atoms with Crippen molar-refractivity contribution in [3.05, 3.63) is 33.9 Å². The van der Waals surface area contributed by atoms with E-state index in [-0.39, 0.29) is 4.92 Å². The van der Waals surface area contributed by atoms with Gasteiger partial charge < -0.3 is 5.11 Å². The molecule has 0 saturated carbocycles. The van der Waals surface area contributed by atoms with Gasteiger partial charge in [0.15, 0.2) is 0 Å². The third-order valence-corrected chi connectivity index (χ3v) is 2.12. The lowest BCUT2D eigenvalue weighted by Gasteiger charge is -2.13. The van der Waals surface area contributed by atoms with Crippen molar-refractivity contribution < 1.29 is 14.8 Å². The Morgan fingerprint density at radius 2 is 2.00 bits per heavy atom. The van der Waals surface area contributed by atoms with Crippen molar-refractivity contribution in [1.82, 2.24) is 0 Å². The van der Waals surface area contributed by atoms with Crippen LogP contribution in [0.25, 0.3) is 0 Å². The van der Waals surface area contributed by atoms with E-state index in [1.165, 1.54) is 6.08 Å². The van der Waals surface area contributed by atoms with E-state index in [4.69, 9.17) is 5.11 Å². The van der Waals surface area contributed by atoms with Gasteiger partial charge in [-0.15, -0.1) is 0 Å². The predicted octanol–water partition coefficient (Wildman–Crippen LogP) is 3.44. The summed E-state index contributed by atoms with van der Waals surface area (Å²) in [6.07, 6.45) is 5.80. The first-order chi connectivity index (χ1) is 8.59. The highest BCUT2D eigenvalue weighted by Gasteiger charge is 2.23. The molecule has 0 amide bonds. The van der Waals surface area contributed by atoms with Gasteiger partial charge in [-0.2, -0.15) is 0 Å². The molecule has 0 bridgehead atoms. The van der Waals surface area contributed by atoms with Gasteiger partial charge in [-0.3, -0.25) is 10.1 Å². The minimum atomic E-state index is -1.03. The van der Waals surface area contributed by atoms with Crippen LogP contribution in [0.15, 0.2) is 23.8 Å². The minimum Gasteiger partial charge on any atom is -0.478 e. The van der Waals surface area contributed by atoms with Gasteiger partial charge in [0.1, 0.15) is 0 Å². The molecule has 5 nitrogen and oxygen atoms in total. The largest absolute Gasteiger partial charge is 0.478 e. The van der Waals surface area contributed by atoms with E-state index in [0.29, 0.717) is 19.3 Å². The normalized spacial score (nSPS) is 17.8. The van der Waals surface area contributed by atoms with Crippen LogP contribution >= 0.6 is 0 Å². The van der Waals surface area contributed by atoms with Crippen molar-refractivity contribution in [1.29, 1.82) is 0 Å². The monoisotopic (exact) mass is 257 g/mol. The van der Waals surface area contributed by atoms with Gasteiger partial charge in [0.2, 0.25) is 6.04 Å². The summed E-state index contributed by atoms with van der Waals surface area (Å²) in [5.74, 6) is -1.03. The minimum absolute atomic E-state index is 0.304. The zero-order valence-electron chi connectivity index (χ0n) is 11.5. The second kappa shape index (κ2) is 11.8. The van der Waals surface area contributed by atoms with E-state index in [1.807, 2.05) is 33.8 Å². The lowest BCUT2D eigenvalue weighted by atomic mass is 9.95. The molecule has 1 rings (SSSR count). The fourth-order valence-electron chi connectivity index (χ4n) is 1.41. The van der Waals surface area contributed by atoms with Crippen molar-refractivity contribution >= 4 is 5.97 Å². The van der Waals surface area contributed by atoms with Crippen LogP contribution in [0.5, 0.6) is 0 Å². The molecule has 104 valence electrons. The van der Waals surface area contributed by atoms with E-state index >= 15 is 0 Å². The number of aliphatic carboxylic acids is 1. The maximum Gasteiger partial charge on any atom is 0.328 e. The zero-order chi connectivity index (χ0) is 14.6. The average molecular weight is 257 g/mol. The molecular formula is C13H23NO4. The molecule has 18 heavy (non-hydrogen) atoms. The lowest BCUT2D eigenvalue weighted by molar-refractivity contribution is -0.523. The standard InChI is InChI=1S/C9H11NO4.2C2H6/c11-9(12)5-4-7-2-1-3-8(6-7)10(13)14;2*1-2/h2,4-5,8H,1,3,6H2,(H,11,12);2*1-2H3/b5-4+;;. The first-order valence-electron chi connectivity index (χ1n) is 6.33. The number of allylic oxidation sites excluding steroid dienone is 2. The van der Waals surface area contributed by atoms with Gasteiger partial charge >= 0.3 is 5.97 Å². The summed E-state index contributed by atoms with van der Waals surface area (Å²) in [6.45, 7) is 8.00. The van der Waals surface area contributed by atoms with Crippen molar-refractivity contribution in [3.8, 4) is 0 Å². The second-order valence-corrected chi connectivity index (χ2v) is 3.17. The Balaban J connectivity index is 0. The Bertz CT molecular complexity index is 308. The Kier molecular flexibility index (Phi) is 12.3. The Labute approximate surface area is 108 Å². The molecule has 1 unspecified atom stereocenters. The van der Waals surface area contributed by atoms with Crippen LogP contribution in [0.1, 0.15) is 47.0 Å². The van der Waals surface area contributed by atoms with Gasteiger partial charge in [0.25, 0.3) is 0 Å². The van der Waals surface area contributed by atoms with Crippen LogP contribution in [0.4, 0.5) is 0 Å². The topological polar surface area (TPSA) is 80.4 Å². The van der Waals surface area contributed by atoms with Crippen molar-refractivity contribution in [3.63, 3.8) is 0 Å². The number of carboxylic acid groups (broad SMARTS) is 1. The molecule has 1 atom stereocenters. The molecule has 1 aliphatic rings. The maximum atomic E-state index is 10.5. The molecule has 0 fully saturated rings. The van der Waals surface area contributed by atoms with E-state index in [0.717, 1.165) is 11.6 Å². The summed E-state index contributed by atoms with van der Waals surface area (Å²) in [4.78, 5) is 20.4. The second-order valence-electron chi connectivity index (χ2n) is 3.17. The maximum absolute atomic E-state index is 10.5. The van der Waals surface area contributed by atoms with Crippen LogP contribution in [0.2, 0.25) is 0 Å². The van der Waals surface area contributed by atoms with E-state index in [1.54, 1.807) is 0 Å². The number of nitro groups is 1. The quantitative estimate of drug-likeness (QED) is 0.477. The number of hydrogen-bond acceptors (Lipinski definition) is 3. The summed E-state index contributed by atoms with van der Waals surface area (Å²) >= 11 is 0. The van der Waals surface area contributed by atoms with Crippen molar-refractivity contribution in [2.45, 2.75) is 53.0 Å². The van der Waals surface area contributed by atoms with Crippen LogP contribution in [-0.4, -0.2) is 22.0 Å². The molecule has 0 aromatic rings. The van der Waals surface area contributed by atoms with Gasteiger partial charge in [-0.1, -0.05) is 39.8 Å². The molecule has 0 saturated heterocycles. The number of carbonyl (C=O) groups is 1. The lowest BCUT2D eigenvalue weighted by Crippen LogP contribution is -2.21. The van der Waals surface area contributed by atoms with E-state index in [2.05, 4.69) is 0 Å². The van der Waals surface area contributed by atoms with Crippen LogP contribution in [-0.2, 0) is 4.79 Å². The highest BCUT2D eigenvalue weighted by Crippen LogP contribution is 2.21. The molecule has 0 heterocycles. The van der Waals surface area contributed by atoms with Gasteiger partial charge in [-0.05, 0) is 12.0 Å². The summed E-state index contributed by atoms with van der Waals surface area (Å²) in [6, 6.07) is -0.562. The summed E-state index contributed by atoms with van der Waals surface area (Å²) in [5.41, 5.74) is 0.736. The third kappa shape index (κ3) is 8.50. The summed E-state index contributed by atoms with van der Waals surface area (Å²) < 4.78 is 0. The molecule has 1 aliphatic carbocycles. The van der Waals surface area contributed by atoms with Crippen LogP contribution < -0.4 is 0 Å². The highest BCUT2D eigenvalue weighted by molar-refractivity contribution is 5.80. The smallest absolute Gasteiger partial charge is 0.328 e.